The summed E-state index contributed by atoms with van der Waals surface area (Å²) in [5.74, 6) is 0.849. The Morgan fingerprint density at radius 3 is 2.44 bits per heavy atom. The van der Waals surface area contributed by atoms with Crippen molar-refractivity contribution in [1.82, 2.24) is 14.9 Å². The molecule has 0 fully saturated rings. The summed E-state index contributed by atoms with van der Waals surface area (Å²) in [6.45, 7) is 12.1. The van der Waals surface area contributed by atoms with Crippen molar-refractivity contribution in [3.8, 4) is 0 Å². The van der Waals surface area contributed by atoms with Crippen LogP contribution in [0.1, 0.15) is 65.8 Å². The highest BCUT2D eigenvalue weighted by Gasteiger charge is 2.29. The summed E-state index contributed by atoms with van der Waals surface area (Å²) in [4.78, 5) is 17.7. The van der Waals surface area contributed by atoms with Gasteiger partial charge in [0.1, 0.15) is 5.82 Å². The Labute approximate surface area is 223 Å². The Hall–Kier alpha value is -1.29. The van der Waals surface area contributed by atoms with E-state index < -0.39 is 7.82 Å². The number of phosphoric ester groups is 1. The molecule has 0 atom stereocenters. The molecule has 1 amide bonds. The molecule has 1 aromatic carbocycles. The molecule has 1 N–H and O–H groups in total. The van der Waals surface area contributed by atoms with Gasteiger partial charge in [-0.2, -0.15) is 0 Å². The van der Waals surface area contributed by atoms with E-state index in [4.69, 9.17) is 13.6 Å². The van der Waals surface area contributed by atoms with E-state index in [2.05, 4.69) is 30.2 Å². The Balaban J connectivity index is 1.85. The van der Waals surface area contributed by atoms with Crippen LogP contribution >= 0.6 is 29.4 Å². The standard InChI is InChI=1S/C25H40N3O5PS2/c1-19(2)32-34(30,33-20(3)4)31-17-13-21-10-8-9-11-22(21)35-36-25(5,6)14-12-24(29)27-18-23-26-15-16-28(23)7/h8-11,15-16,19-20H,12-14,17-18H2,1-7H3,(H,27,29). The van der Waals surface area contributed by atoms with Gasteiger partial charge in [0.25, 0.3) is 0 Å². The SMILES string of the molecule is CC(C)OP(=O)(OCCc1ccccc1SSC(C)(C)CCC(=O)NCc1nccn1C)OC(C)C. The van der Waals surface area contributed by atoms with Gasteiger partial charge < -0.3 is 9.88 Å². The number of rotatable bonds is 16. The van der Waals surface area contributed by atoms with Crippen LogP contribution in [0.2, 0.25) is 0 Å². The summed E-state index contributed by atoms with van der Waals surface area (Å²) in [6, 6.07) is 8.09. The van der Waals surface area contributed by atoms with E-state index in [0.29, 0.717) is 19.4 Å². The lowest BCUT2D eigenvalue weighted by molar-refractivity contribution is -0.121. The van der Waals surface area contributed by atoms with Crippen molar-refractivity contribution < 1.29 is 22.9 Å². The van der Waals surface area contributed by atoms with E-state index >= 15 is 0 Å². The molecule has 0 radical (unpaired) electrons. The normalized spacial score (nSPS) is 12.5. The Kier molecular flexibility index (Phi) is 12.5. The largest absolute Gasteiger partial charge is 0.475 e. The molecular weight excluding hydrogens is 517 g/mol. The van der Waals surface area contributed by atoms with Gasteiger partial charge in [0.05, 0.1) is 25.4 Å². The summed E-state index contributed by atoms with van der Waals surface area (Å²) in [5.41, 5.74) is 1.10. The van der Waals surface area contributed by atoms with E-state index in [0.717, 1.165) is 22.7 Å². The first-order valence-corrected chi connectivity index (χ1v) is 15.8. The number of hydrogen-bond acceptors (Lipinski definition) is 8. The fourth-order valence-corrected chi connectivity index (χ4v) is 7.22. The molecular formula is C25H40N3O5PS2. The molecule has 0 saturated heterocycles. The fraction of sp³-hybridized carbons (Fsp3) is 0.600. The molecule has 2 aromatic rings. The zero-order chi connectivity index (χ0) is 26.8. The third kappa shape index (κ3) is 11.4. The summed E-state index contributed by atoms with van der Waals surface area (Å²) in [5, 5.41) is 2.94. The van der Waals surface area contributed by atoms with Crippen molar-refractivity contribution in [1.29, 1.82) is 0 Å². The first-order valence-electron chi connectivity index (χ1n) is 12.2. The number of amides is 1. The lowest BCUT2D eigenvalue weighted by atomic mass is 10.1. The predicted octanol–water partition coefficient (Wildman–Crippen LogP) is 6.55. The quantitative estimate of drug-likeness (QED) is 0.183. The van der Waals surface area contributed by atoms with E-state index in [1.165, 1.54) is 0 Å². The number of carbonyl (C=O) groups is 1. The molecule has 36 heavy (non-hydrogen) atoms. The van der Waals surface area contributed by atoms with E-state index in [-0.39, 0.29) is 29.5 Å². The van der Waals surface area contributed by atoms with Gasteiger partial charge in [-0.3, -0.25) is 18.4 Å². The number of carbonyl (C=O) groups excluding carboxylic acids is 1. The smallest absolute Gasteiger partial charge is 0.349 e. The maximum atomic E-state index is 12.9. The molecule has 0 spiro atoms. The number of nitrogens with zero attached hydrogens (tertiary/aromatic N) is 2. The lowest BCUT2D eigenvalue weighted by Crippen LogP contribution is -2.26. The molecule has 0 saturated carbocycles. The molecule has 1 heterocycles. The highest BCUT2D eigenvalue weighted by atomic mass is 33.1. The van der Waals surface area contributed by atoms with Gasteiger partial charge in [0.15, 0.2) is 0 Å². The summed E-state index contributed by atoms with van der Waals surface area (Å²) in [7, 11) is 1.71. The number of nitrogens with one attached hydrogen (secondary N) is 1. The van der Waals surface area contributed by atoms with Crippen LogP contribution in [0, 0.1) is 0 Å². The zero-order valence-corrected chi connectivity index (χ0v) is 24.9. The minimum Gasteiger partial charge on any atom is -0.349 e. The minimum absolute atomic E-state index is 0.0193. The van der Waals surface area contributed by atoms with Crippen LogP contribution < -0.4 is 5.32 Å². The number of benzene rings is 1. The van der Waals surface area contributed by atoms with Crippen molar-refractivity contribution in [3.63, 3.8) is 0 Å². The molecule has 0 aliphatic heterocycles. The van der Waals surface area contributed by atoms with Crippen LogP contribution in [0.4, 0.5) is 0 Å². The van der Waals surface area contributed by atoms with Crippen molar-refractivity contribution in [3.05, 3.63) is 48.0 Å². The second-order valence-electron chi connectivity index (χ2n) is 9.60. The third-order valence-corrected chi connectivity index (χ3v) is 10.3. The van der Waals surface area contributed by atoms with Gasteiger partial charge >= 0.3 is 7.82 Å². The van der Waals surface area contributed by atoms with E-state index in [1.54, 1.807) is 55.5 Å². The first kappa shape index (κ1) is 30.9. The second-order valence-corrected chi connectivity index (χ2v) is 14.1. The van der Waals surface area contributed by atoms with E-state index in [9.17, 15) is 9.36 Å². The summed E-state index contributed by atoms with van der Waals surface area (Å²) >= 11 is 0. The highest BCUT2D eigenvalue weighted by molar-refractivity contribution is 8.77. The molecule has 0 unspecified atom stereocenters. The van der Waals surface area contributed by atoms with Crippen molar-refractivity contribution >= 4 is 35.3 Å². The van der Waals surface area contributed by atoms with Gasteiger partial charge in [-0.15, -0.1) is 0 Å². The number of hydrogen-bond donors (Lipinski definition) is 1. The Morgan fingerprint density at radius 2 is 1.83 bits per heavy atom. The lowest BCUT2D eigenvalue weighted by Gasteiger charge is -2.24. The van der Waals surface area contributed by atoms with Gasteiger partial charge in [-0.25, -0.2) is 9.55 Å². The van der Waals surface area contributed by atoms with Crippen molar-refractivity contribution in [2.75, 3.05) is 6.61 Å². The topological polar surface area (TPSA) is 91.7 Å². The first-order chi connectivity index (χ1) is 16.9. The van der Waals surface area contributed by atoms with Crippen LogP contribution in [0.5, 0.6) is 0 Å². The molecule has 8 nitrogen and oxygen atoms in total. The molecule has 202 valence electrons. The van der Waals surface area contributed by atoms with Crippen LogP contribution in [0.3, 0.4) is 0 Å². The maximum absolute atomic E-state index is 12.9. The van der Waals surface area contributed by atoms with Gasteiger partial charge in [0.2, 0.25) is 5.91 Å². The fourth-order valence-electron chi connectivity index (χ4n) is 3.11. The highest BCUT2D eigenvalue weighted by Crippen LogP contribution is 2.52. The monoisotopic (exact) mass is 557 g/mol. The molecule has 1 aromatic heterocycles. The summed E-state index contributed by atoms with van der Waals surface area (Å²) in [6.07, 6.45) is 4.80. The molecule has 11 heteroatoms. The van der Waals surface area contributed by atoms with Crippen LogP contribution in [-0.4, -0.2) is 39.0 Å². The van der Waals surface area contributed by atoms with Gasteiger partial charge in [-0.05, 0) is 66.0 Å². The molecule has 0 aliphatic rings. The minimum atomic E-state index is -3.62. The maximum Gasteiger partial charge on any atom is 0.475 e. The zero-order valence-electron chi connectivity index (χ0n) is 22.4. The number of phosphoric acid groups is 1. The third-order valence-electron chi connectivity index (χ3n) is 4.95. The average molecular weight is 558 g/mol. The second kappa shape index (κ2) is 14.6. The van der Waals surface area contributed by atoms with Gasteiger partial charge in [-0.1, -0.05) is 39.8 Å². The van der Waals surface area contributed by atoms with E-state index in [1.807, 2.05) is 36.0 Å². The van der Waals surface area contributed by atoms with Crippen LogP contribution in [0.25, 0.3) is 0 Å². The number of aromatic nitrogens is 2. The van der Waals surface area contributed by atoms with Crippen molar-refractivity contribution in [2.45, 2.75) is 89.2 Å². The average Bonchev–Trinajstić information content (AvgIpc) is 3.19. The van der Waals surface area contributed by atoms with Crippen LogP contribution in [-0.2, 0) is 42.9 Å². The number of imidazole rings is 1. The van der Waals surface area contributed by atoms with Crippen LogP contribution in [0.15, 0.2) is 41.6 Å². The molecule has 0 bridgehead atoms. The molecule has 0 aliphatic carbocycles. The van der Waals surface area contributed by atoms with Gasteiger partial charge in [0, 0.05) is 35.5 Å². The Bertz CT molecular complexity index is 999. The molecule has 2 rings (SSSR count). The van der Waals surface area contributed by atoms with Crippen molar-refractivity contribution in [2.24, 2.45) is 7.05 Å². The number of aryl methyl sites for hydroxylation is 1. The summed E-state index contributed by atoms with van der Waals surface area (Å²) < 4.78 is 31.2. The predicted molar refractivity (Wildman–Crippen MR) is 148 cm³/mol. The Morgan fingerprint density at radius 1 is 1.17 bits per heavy atom.